The summed E-state index contributed by atoms with van der Waals surface area (Å²) in [6, 6.07) is 0. The first-order valence-electron chi connectivity index (χ1n) is 3.89. The summed E-state index contributed by atoms with van der Waals surface area (Å²) in [5.41, 5.74) is 0.253. The fraction of sp³-hybridized carbons (Fsp3) is 1.00. The molecular weight excluding hydrogens is 128 g/mol. The van der Waals surface area contributed by atoms with Crippen LogP contribution in [0.5, 0.6) is 0 Å². The van der Waals surface area contributed by atoms with E-state index in [0.717, 1.165) is 0 Å². The van der Waals surface area contributed by atoms with Gasteiger partial charge >= 0.3 is 0 Å². The third-order valence-electron chi connectivity index (χ3n) is 3.02. The number of ether oxygens (including phenoxy) is 2. The van der Waals surface area contributed by atoms with Crippen LogP contribution in [-0.4, -0.2) is 25.4 Å². The molecule has 0 aromatic rings. The highest BCUT2D eigenvalue weighted by Gasteiger charge is 2.67. The third-order valence-corrected chi connectivity index (χ3v) is 3.02. The van der Waals surface area contributed by atoms with Crippen LogP contribution in [0.25, 0.3) is 0 Å². The Morgan fingerprint density at radius 2 is 1.10 bits per heavy atom. The molecule has 0 aromatic carbocycles. The molecule has 0 spiro atoms. The fourth-order valence-electron chi connectivity index (χ4n) is 1.92. The number of hydrogen-bond donors (Lipinski definition) is 0. The van der Waals surface area contributed by atoms with Crippen LogP contribution >= 0.6 is 0 Å². The minimum absolute atomic E-state index is 0.127. The van der Waals surface area contributed by atoms with E-state index < -0.39 is 0 Å². The number of hydrogen-bond acceptors (Lipinski definition) is 2. The van der Waals surface area contributed by atoms with E-state index in [-0.39, 0.29) is 11.2 Å². The number of methoxy groups -OCH3 is 2. The van der Waals surface area contributed by atoms with Crippen molar-refractivity contribution >= 4 is 0 Å². The fourth-order valence-corrected chi connectivity index (χ4v) is 1.92. The third kappa shape index (κ3) is 0.611. The quantitative estimate of drug-likeness (QED) is 0.592. The Bertz CT molecular complexity index is 127. The molecule has 0 heterocycles. The second-order valence-electron chi connectivity index (χ2n) is 3.40. The van der Waals surface area contributed by atoms with Gasteiger partial charge in [-0.05, 0) is 25.7 Å². The Hall–Kier alpha value is -0.0800. The Morgan fingerprint density at radius 3 is 1.20 bits per heavy atom. The molecular formula is C8H14O2. The van der Waals surface area contributed by atoms with Gasteiger partial charge in [0.1, 0.15) is 0 Å². The summed E-state index contributed by atoms with van der Waals surface area (Å²) in [5.74, 6) is 0. The molecule has 2 aliphatic rings. The van der Waals surface area contributed by atoms with E-state index in [1.807, 2.05) is 0 Å². The smallest absolute Gasteiger partial charge is 0.0969 e. The average Bonchev–Trinajstić information content (AvgIpc) is 2.84. The summed E-state index contributed by atoms with van der Waals surface area (Å²) in [5, 5.41) is 0. The van der Waals surface area contributed by atoms with E-state index in [0.29, 0.717) is 0 Å². The molecule has 2 fully saturated rings. The minimum Gasteiger partial charge on any atom is -0.375 e. The first-order valence-corrected chi connectivity index (χ1v) is 3.89. The standard InChI is InChI=1S/C8H14O2/c1-9-7(3-4-7)8(10-2)5-6-8/h3-6H2,1-2H3. The molecule has 2 heteroatoms. The Kier molecular flexibility index (Phi) is 1.15. The highest BCUT2D eigenvalue weighted by atomic mass is 16.6. The largest absolute Gasteiger partial charge is 0.375 e. The van der Waals surface area contributed by atoms with E-state index in [1.54, 1.807) is 14.2 Å². The molecule has 0 unspecified atom stereocenters. The molecule has 58 valence electrons. The van der Waals surface area contributed by atoms with Crippen LogP contribution in [-0.2, 0) is 9.47 Å². The molecule has 0 saturated heterocycles. The highest BCUT2D eigenvalue weighted by Crippen LogP contribution is 2.61. The van der Waals surface area contributed by atoms with Crippen LogP contribution in [0.1, 0.15) is 25.7 Å². The maximum Gasteiger partial charge on any atom is 0.0969 e. The first-order chi connectivity index (χ1) is 4.79. The van der Waals surface area contributed by atoms with Crippen molar-refractivity contribution in [1.29, 1.82) is 0 Å². The predicted octanol–water partition coefficient (Wildman–Crippen LogP) is 1.34. The Balaban J connectivity index is 2.10. The van der Waals surface area contributed by atoms with Gasteiger partial charge in [-0.15, -0.1) is 0 Å². The molecule has 2 aliphatic carbocycles. The van der Waals surface area contributed by atoms with Crippen molar-refractivity contribution in [2.75, 3.05) is 14.2 Å². The van der Waals surface area contributed by atoms with Crippen LogP contribution in [0.15, 0.2) is 0 Å². The summed E-state index contributed by atoms with van der Waals surface area (Å²) >= 11 is 0. The minimum atomic E-state index is 0.127. The van der Waals surface area contributed by atoms with Gasteiger partial charge in [0.15, 0.2) is 0 Å². The van der Waals surface area contributed by atoms with E-state index in [9.17, 15) is 0 Å². The van der Waals surface area contributed by atoms with Crippen LogP contribution in [0, 0.1) is 0 Å². The molecule has 2 saturated carbocycles. The lowest BCUT2D eigenvalue weighted by Crippen LogP contribution is -2.33. The van der Waals surface area contributed by atoms with E-state index >= 15 is 0 Å². The van der Waals surface area contributed by atoms with Gasteiger partial charge < -0.3 is 9.47 Å². The zero-order chi connectivity index (χ0) is 7.24. The van der Waals surface area contributed by atoms with Crippen molar-refractivity contribution in [3.8, 4) is 0 Å². The number of rotatable bonds is 3. The van der Waals surface area contributed by atoms with E-state index in [4.69, 9.17) is 9.47 Å². The lowest BCUT2D eigenvalue weighted by molar-refractivity contribution is -0.0717. The first kappa shape index (κ1) is 6.62. The van der Waals surface area contributed by atoms with Gasteiger partial charge in [0, 0.05) is 14.2 Å². The summed E-state index contributed by atoms with van der Waals surface area (Å²) in [7, 11) is 3.60. The highest BCUT2D eigenvalue weighted by molar-refractivity contribution is 5.19. The molecule has 0 amide bonds. The van der Waals surface area contributed by atoms with Gasteiger partial charge in [0.05, 0.1) is 11.2 Å². The second-order valence-corrected chi connectivity index (χ2v) is 3.40. The molecule has 0 atom stereocenters. The van der Waals surface area contributed by atoms with Crippen LogP contribution < -0.4 is 0 Å². The van der Waals surface area contributed by atoms with E-state index in [2.05, 4.69) is 0 Å². The average molecular weight is 142 g/mol. The maximum absolute atomic E-state index is 5.44. The zero-order valence-corrected chi connectivity index (χ0v) is 6.64. The normalized spacial score (nSPS) is 31.8. The van der Waals surface area contributed by atoms with Gasteiger partial charge in [-0.2, -0.15) is 0 Å². The van der Waals surface area contributed by atoms with Crippen molar-refractivity contribution in [2.45, 2.75) is 36.9 Å². The lowest BCUT2D eigenvalue weighted by Gasteiger charge is -2.23. The predicted molar refractivity (Wildman–Crippen MR) is 37.9 cm³/mol. The molecule has 0 N–H and O–H groups in total. The molecule has 0 aromatic heterocycles. The maximum atomic E-state index is 5.44. The van der Waals surface area contributed by atoms with Gasteiger partial charge in [0.25, 0.3) is 0 Å². The molecule has 0 aliphatic heterocycles. The molecule has 2 rings (SSSR count). The van der Waals surface area contributed by atoms with E-state index in [1.165, 1.54) is 25.7 Å². The van der Waals surface area contributed by atoms with Crippen LogP contribution in [0.2, 0.25) is 0 Å². The van der Waals surface area contributed by atoms with Crippen molar-refractivity contribution in [3.63, 3.8) is 0 Å². The van der Waals surface area contributed by atoms with Crippen molar-refractivity contribution in [1.82, 2.24) is 0 Å². The molecule has 0 radical (unpaired) electrons. The van der Waals surface area contributed by atoms with Gasteiger partial charge in [0.2, 0.25) is 0 Å². The summed E-state index contributed by atoms with van der Waals surface area (Å²) < 4.78 is 10.9. The second kappa shape index (κ2) is 1.74. The van der Waals surface area contributed by atoms with Gasteiger partial charge in [-0.25, -0.2) is 0 Å². The topological polar surface area (TPSA) is 18.5 Å². The summed E-state index contributed by atoms with van der Waals surface area (Å²) in [6.45, 7) is 0. The summed E-state index contributed by atoms with van der Waals surface area (Å²) in [4.78, 5) is 0. The zero-order valence-electron chi connectivity index (χ0n) is 6.64. The molecule has 0 bridgehead atoms. The van der Waals surface area contributed by atoms with Gasteiger partial charge in [-0.3, -0.25) is 0 Å². The van der Waals surface area contributed by atoms with Crippen LogP contribution in [0.4, 0.5) is 0 Å². The SMILES string of the molecule is COC1(C2(OC)CC2)CC1. The Morgan fingerprint density at radius 1 is 0.800 bits per heavy atom. The van der Waals surface area contributed by atoms with Crippen molar-refractivity contribution in [2.24, 2.45) is 0 Å². The summed E-state index contributed by atoms with van der Waals surface area (Å²) in [6.07, 6.45) is 4.77. The van der Waals surface area contributed by atoms with Crippen molar-refractivity contribution in [3.05, 3.63) is 0 Å². The lowest BCUT2D eigenvalue weighted by atomic mass is 10.1. The van der Waals surface area contributed by atoms with Gasteiger partial charge in [-0.1, -0.05) is 0 Å². The van der Waals surface area contributed by atoms with Crippen molar-refractivity contribution < 1.29 is 9.47 Å². The van der Waals surface area contributed by atoms with Crippen LogP contribution in [0.3, 0.4) is 0 Å². The molecule has 2 nitrogen and oxygen atoms in total. The molecule has 10 heavy (non-hydrogen) atoms. The monoisotopic (exact) mass is 142 g/mol. The Labute approximate surface area is 61.5 Å².